The first-order chi connectivity index (χ1) is 9.08. The molecular weight excluding hydrogens is 258 g/mol. The highest BCUT2D eigenvalue weighted by Crippen LogP contribution is 2.23. The molecule has 0 unspecified atom stereocenters. The van der Waals surface area contributed by atoms with E-state index in [9.17, 15) is 5.11 Å². The van der Waals surface area contributed by atoms with Crippen molar-refractivity contribution in [3.05, 3.63) is 45.4 Å². The third-order valence-corrected chi connectivity index (χ3v) is 4.11. The van der Waals surface area contributed by atoms with E-state index in [0.29, 0.717) is 6.61 Å². The Labute approximate surface area is 117 Å². The van der Waals surface area contributed by atoms with Crippen LogP contribution in [-0.2, 0) is 6.42 Å². The number of aryl methyl sites for hydroxylation is 2. The quantitative estimate of drug-likeness (QED) is 0.910. The topological polar surface area (TPSA) is 42.4 Å². The largest absolute Gasteiger partial charge is 0.493 e. The second-order valence-electron chi connectivity index (χ2n) is 4.66. The van der Waals surface area contributed by atoms with Crippen LogP contribution in [0.2, 0.25) is 0 Å². The highest BCUT2D eigenvalue weighted by atomic mass is 32.1. The fourth-order valence-corrected chi connectivity index (χ4v) is 2.68. The van der Waals surface area contributed by atoms with Crippen LogP contribution in [-0.4, -0.2) is 16.7 Å². The Balaban J connectivity index is 1.95. The van der Waals surface area contributed by atoms with Gasteiger partial charge in [0.15, 0.2) is 0 Å². The van der Waals surface area contributed by atoms with Gasteiger partial charge in [0.1, 0.15) is 5.75 Å². The second-order valence-corrected chi connectivity index (χ2v) is 5.60. The lowest BCUT2D eigenvalue weighted by Gasteiger charge is -2.11. The van der Waals surface area contributed by atoms with Gasteiger partial charge in [-0.3, -0.25) is 0 Å². The summed E-state index contributed by atoms with van der Waals surface area (Å²) >= 11 is 1.67. The summed E-state index contributed by atoms with van der Waals surface area (Å²) in [4.78, 5) is 5.50. The summed E-state index contributed by atoms with van der Waals surface area (Å²) in [7, 11) is 0. The molecule has 0 aliphatic heterocycles. The minimum atomic E-state index is -0.437. The van der Waals surface area contributed by atoms with Crippen molar-refractivity contribution in [3.63, 3.8) is 0 Å². The highest BCUT2D eigenvalue weighted by Gasteiger charge is 2.06. The second kappa shape index (κ2) is 6.17. The van der Waals surface area contributed by atoms with E-state index in [4.69, 9.17) is 4.74 Å². The van der Waals surface area contributed by atoms with E-state index in [1.807, 2.05) is 37.6 Å². The Hall–Kier alpha value is -1.39. The molecule has 2 aromatic rings. The Morgan fingerprint density at radius 1 is 1.37 bits per heavy atom. The smallest absolute Gasteiger partial charge is 0.122 e. The molecule has 0 radical (unpaired) electrons. The van der Waals surface area contributed by atoms with Crippen molar-refractivity contribution in [2.45, 2.75) is 33.3 Å². The van der Waals surface area contributed by atoms with Crippen molar-refractivity contribution >= 4 is 11.3 Å². The van der Waals surface area contributed by atoms with Gasteiger partial charge < -0.3 is 9.84 Å². The Kier molecular flexibility index (Phi) is 4.56. The van der Waals surface area contributed by atoms with Crippen LogP contribution >= 0.6 is 11.3 Å². The third-order valence-electron chi connectivity index (χ3n) is 3.11. The summed E-state index contributed by atoms with van der Waals surface area (Å²) in [5, 5.41) is 9.52. The number of benzene rings is 1. The van der Waals surface area contributed by atoms with Crippen molar-refractivity contribution in [1.29, 1.82) is 0 Å². The first-order valence-electron chi connectivity index (χ1n) is 6.38. The fraction of sp³-hybridized carbons (Fsp3) is 0.400. The number of nitrogens with zero attached hydrogens (tertiary/aromatic N) is 1. The molecule has 1 aromatic carbocycles. The minimum absolute atomic E-state index is 0.437. The normalized spacial score (nSPS) is 12.4. The van der Waals surface area contributed by atoms with E-state index in [2.05, 4.69) is 4.98 Å². The van der Waals surface area contributed by atoms with Crippen LogP contribution in [0.4, 0.5) is 0 Å². The fourth-order valence-electron chi connectivity index (χ4n) is 1.91. The van der Waals surface area contributed by atoms with Gasteiger partial charge in [0.25, 0.3) is 0 Å². The summed E-state index contributed by atoms with van der Waals surface area (Å²) in [6, 6.07) is 5.81. The van der Waals surface area contributed by atoms with E-state index in [1.54, 1.807) is 18.3 Å². The minimum Gasteiger partial charge on any atom is -0.493 e. The number of rotatable bonds is 5. The summed E-state index contributed by atoms with van der Waals surface area (Å²) in [6.07, 6.45) is 0.446. The number of thiazole rings is 1. The zero-order valence-corrected chi connectivity index (χ0v) is 12.3. The standard InChI is InChI=1S/C15H19NO2S/c1-10-8-13(12(3)17)4-5-14(10)18-7-6-15-11(2)16-9-19-15/h4-5,8-9,12,17H,6-7H2,1-3H3/t12-/m0/s1. The van der Waals surface area contributed by atoms with Crippen LogP contribution in [0.1, 0.15) is 34.7 Å². The molecule has 0 aliphatic rings. The van der Waals surface area contributed by atoms with Crippen molar-refractivity contribution in [3.8, 4) is 5.75 Å². The van der Waals surface area contributed by atoms with Gasteiger partial charge in [0, 0.05) is 11.3 Å². The van der Waals surface area contributed by atoms with E-state index in [-0.39, 0.29) is 0 Å². The molecule has 1 atom stereocenters. The molecule has 0 saturated heterocycles. The predicted octanol–water partition coefficient (Wildman–Crippen LogP) is 3.43. The van der Waals surface area contributed by atoms with Gasteiger partial charge in [-0.15, -0.1) is 11.3 Å². The van der Waals surface area contributed by atoms with Crippen LogP contribution in [0.5, 0.6) is 5.75 Å². The molecule has 19 heavy (non-hydrogen) atoms. The van der Waals surface area contributed by atoms with E-state index < -0.39 is 6.10 Å². The molecule has 0 saturated carbocycles. The van der Waals surface area contributed by atoms with E-state index >= 15 is 0 Å². The number of aromatic nitrogens is 1. The molecular formula is C15H19NO2S. The zero-order chi connectivity index (χ0) is 13.8. The molecule has 0 bridgehead atoms. The highest BCUT2D eigenvalue weighted by molar-refractivity contribution is 7.09. The Morgan fingerprint density at radius 2 is 2.16 bits per heavy atom. The molecule has 1 N–H and O–H groups in total. The van der Waals surface area contributed by atoms with Crippen molar-refractivity contribution < 1.29 is 9.84 Å². The lowest BCUT2D eigenvalue weighted by Crippen LogP contribution is -2.03. The van der Waals surface area contributed by atoms with Crippen LogP contribution < -0.4 is 4.74 Å². The number of hydrogen-bond acceptors (Lipinski definition) is 4. The maximum atomic E-state index is 9.52. The number of hydrogen-bond donors (Lipinski definition) is 1. The maximum Gasteiger partial charge on any atom is 0.122 e. The molecule has 3 nitrogen and oxygen atoms in total. The number of aliphatic hydroxyl groups excluding tert-OH is 1. The van der Waals surface area contributed by atoms with Crippen molar-refractivity contribution in [2.75, 3.05) is 6.61 Å². The SMILES string of the molecule is Cc1cc([C@H](C)O)ccc1OCCc1scnc1C. The molecule has 0 fully saturated rings. The van der Waals surface area contributed by atoms with Gasteiger partial charge in [-0.2, -0.15) is 0 Å². The first kappa shape index (κ1) is 14.0. The summed E-state index contributed by atoms with van der Waals surface area (Å²) in [5.74, 6) is 0.881. The van der Waals surface area contributed by atoms with Gasteiger partial charge in [-0.1, -0.05) is 6.07 Å². The average Bonchev–Trinajstić information content (AvgIpc) is 2.77. The molecule has 102 valence electrons. The van der Waals surface area contributed by atoms with Crippen molar-refractivity contribution in [1.82, 2.24) is 4.98 Å². The molecule has 1 aromatic heterocycles. The summed E-state index contributed by atoms with van der Waals surface area (Å²) in [5.41, 5.74) is 4.94. The number of ether oxygens (including phenoxy) is 1. The number of aliphatic hydroxyl groups is 1. The van der Waals surface area contributed by atoms with E-state index in [0.717, 1.165) is 29.0 Å². The third kappa shape index (κ3) is 3.55. The molecule has 0 spiro atoms. The van der Waals surface area contributed by atoms with Crippen molar-refractivity contribution in [2.24, 2.45) is 0 Å². The zero-order valence-electron chi connectivity index (χ0n) is 11.5. The first-order valence-corrected chi connectivity index (χ1v) is 7.26. The average molecular weight is 277 g/mol. The lowest BCUT2D eigenvalue weighted by atomic mass is 10.1. The maximum absolute atomic E-state index is 9.52. The van der Waals surface area contributed by atoms with Crippen LogP contribution in [0.3, 0.4) is 0 Å². The van der Waals surface area contributed by atoms with E-state index in [1.165, 1.54) is 4.88 Å². The lowest BCUT2D eigenvalue weighted by molar-refractivity contribution is 0.199. The Bertz CT molecular complexity index is 549. The van der Waals surface area contributed by atoms with Gasteiger partial charge in [-0.05, 0) is 44.0 Å². The van der Waals surface area contributed by atoms with Crippen LogP contribution in [0, 0.1) is 13.8 Å². The van der Waals surface area contributed by atoms with Crippen LogP contribution in [0.25, 0.3) is 0 Å². The van der Waals surface area contributed by atoms with Crippen LogP contribution in [0.15, 0.2) is 23.7 Å². The molecule has 0 amide bonds. The Morgan fingerprint density at radius 3 is 2.74 bits per heavy atom. The van der Waals surface area contributed by atoms with Gasteiger partial charge in [-0.25, -0.2) is 4.98 Å². The molecule has 1 heterocycles. The van der Waals surface area contributed by atoms with Gasteiger partial charge in [0.2, 0.25) is 0 Å². The predicted molar refractivity (Wildman–Crippen MR) is 77.9 cm³/mol. The molecule has 2 rings (SSSR count). The monoisotopic (exact) mass is 277 g/mol. The van der Waals surface area contributed by atoms with Gasteiger partial charge in [0.05, 0.1) is 23.9 Å². The molecule has 0 aliphatic carbocycles. The summed E-state index contributed by atoms with van der Waals surface area (Å²) in [6.45, 7) is 6.44. The summed E-state index contributed by atoms with van der Waals surface area (Å²) < 4.78 is 5.80. The molecule has 4 heteroatoms. The van der Waals surface area contributed by atoms with Gasteiger partial charge >= 0.3 is 0 Å².